The highest BCUT2D eigenvalue weighted by Gasteiger charge is 2.24. The summed E-state index contributed by atoms with van der Waals surface area (Å²) in [6.45, 7) is 3.36. The molecule has 1 N–H and O–H groups in total. The van der Waals surface area contributed by atoms with Gasteiger partial charge in [0.05, 0.1) is 6.42 Å². The average molecular weight is 337 g/mol. The van der Waals surface area contributed by atoms with Crippen molar-refractivity contribution in [2.24, 2.45) is 0 Å². The first-order chi connectivity index (χ1) is 12.1. The molecule has 1 aliphatic rings. The van der Waals surface area contributed by atoms with Crippen molar-refractivity contribution < 1.29 is 9.59 Å². The van der Waals surface area contributed by atoms with Crippen LogP contribution < -0.4 is 5.32 Å². The highest BCUT2D eigenvalue weighted by atomic mass is 16.2. The summed E-state index contributed by atoms with van der Waals surface area (Å²) in [6, 6.07) is 11.6. The average Bonchev–Trinajstić information content (AvgIpc) is 2.64. The van der Waals surface area contributed by atoms with Crippen LogP contribution in [0.5, 0.6) is 0 Å². The quantitative estimate of drug-likeness (QED) is 0.931. The van der Waals surface area contributed by atoms with Crippen LogP contribution in [0.1, 0.15) is 34.3 Å². The fourth-order valence-electron chi connectivity index (χ4n) is 3.07. The van der Waals surface area contributed by atoms with Crippen LogP contribution in [0, 0.1) is 6.92 Å². The first-order valence-electron chi connectivity index (χ1n) is 8.66. The lowest BCUT2D eigenvalue weighted by molar-refractivity contribution is -0.121. The molecule has 1 saturated heterocycles. The zero-order chi connectivity index (χ0) is 17.6. The highest BCUT2D eigenvalue weighted by molar-refractivity contribution is 5.94. The molecule has 0 aliphatic carbocycles. The van der Waals surface area contributed by atoms with Gasteiger partial charge in [0.2, 0.25) is 5.91 Å². The molecular formula is C20H23N3O2. The molecule has 2 aromatic rings. The van der Waals surface area contributed by atoms with Gasteiger partial charge in [-0.15, -0.1) is 0 Å². The molecule has 1 aromatic heterocycles. The summed E-state index contributed by atoms with van der Waals surface area (Å²) in [6.07, 6.45) is 5.24. The molecule has 0 spiro atoms. The second-order valence-electron chi connectivity index (χ2n) is 6.53. The van der Waals surface area contributed by atoms with E-state index >= 15 is 0 Å². The minimum absolute atomic E-state index is 0.0341. The van der Waals surface area contributed by atoms with Gasteiger partial charge >= 0.3 is 0 Å². The molecule has 0 saturated carbocycles. The topological polar surface area (TPSA) is 62.3 Å². The maximum atomic E-state index is 12.4. The number of amides is 2. The number of likely N-dealkylation sites (tertiary alicyclic amines) is 1. The van der Waals surface area contributed by atoms with Crippen LogP contribution in [-0.4, -0.2) is 40.8 Å². The number of hydrogen-bond acceptors (Lipinski definition) is 3. The third-order valence-electron chi connectivity index (χ3n) is 4.56. The number of aryl methyl sites for hydroxylation is 1. The van der Waals surface area contributed by atoms with Crippen LogP contribution in [0.15, 0.2) is 48.8 Å². The van der Waals surface area contributed by atoms with E-state index in [-0.39, 0.29) is 17.9 Å². The molecule has 25 heavy (non-hydrogen) atoms. The van der Waals surface area contributed by atoms with Gasteiger partial charge in [0, 0.05) is 37.1 Å². The predicted molar refractivity (Wildman–Crippen MR) is 96.2 cm³/mol. The molecule has 2 heterocycles. The molecular weight excluding hydrogens is 314 g/mol. The Hall–Kier alpha value is -2.69. The fourth-order valence-corrected chi connectivity index (χ4v) is 3.07. The second-order valence-corrected chi connectivity index (χ2v) is 6.53. The largest absolute Gasteiger partial charge is 0.353 e. The van der Waals surface area contributed by atoms with Gasteiger partial charge in [-0.1, -0.05) is 29.8 Å². The molecule has 0 unspecified atom stereocenters. The van der Waals surface area contributed by atoms with Crippen LogP contribution in [0.3, 0.4) is 0 Å². The van der Waals surface area contributed by atoms with Gasteiger partial charge in [-0.05, 0) is 37.5 Å². The smallest absolute Gasteiger partial charge is 0.253 e. The third-order valence-corrected chi connectivity index (χ3v) is 4.56. The minimum atomic E-state index is 0.0341. The van der Waals surface area contributed by atoms with Crippen molar-refractivity contribution in [3.63, 3.8) is 0 Å². The number of nitrogens with one attached hydrogen (secondary N) is 1. The SMILES string of the molecule is Cc1ccc(CC(=O)NC2CCN(C(=O)c3ccncc3)CC2)cc1. The Bertz CT molecular complexity index is 720. The van der Waals surface area contributed by atoms with Gasteiger partial charge < -0.3 is 10.2 Å². The molecule has 1 fully saturated rings. The van der Waals surface area contributed by atoms with Crippen molar-refractivity contribution in [3.05, 3.63) is 65.5 Å². The van der Waals surface area contributed by atoms with Gasteiger partial charge in [-0.2, -0.15) is 0 Å². The standard InChI is InChI=1S/C20H23N3O2/c1-15-2-4-16(5-3-15)14-19(24)22-18-8-12-23(13-9-18)20(25)17-6-10-21-11-7-17/h2-7,10-11,18H,8-9,12-14H2,1H3,(H,22,24). The van der Waals surface area contributed by atoms with Crippen molar-refractivity contribution in [3.8, 4) is 0 Å². The van der Waals surface area contributed by atoms with Crippen molar-refractivity contribution in [1.82, 2.24) is 15.2 Å². The van der Waals surface area contributed by atoms with Crippen LogP contribution in [0.25, 0.3) is 0 Å². The maximum absolute atomic E-state index is 12.4. The number of benzene rings is 1. The Kier molecular flexibility index (Phi) is 5.43. The lowest BCUT2D eigenvalue weighted by atomic mass is 10.0. The van der Waals surface area contributed by atoms with E-state index in [9.17, 15) is 9.59 Å². The minimum Gasteiger partial charge on any atom is -0.353 e. The zero-order valence-corrected chi connectivity index (χ0v) is 14.4. The normalized spacial score (nSPS) is 15.0. The third kappa shape index (κ3) is 4.66. The van der Waals surface area contributed by atoms with Gasteiger partial charge in [-0.3, -0.25) is 14.6 Å². The Labute approximate surface area is 148 Å². The van der Waals surface area contributed by atoms with E-state index in [1.165, 1.54) is 5.56 Å². The molecule has 5 nitrogen and oxygen atoms in total. The first-order valence-corrected chi connectivity index (χ1v) is 8.66. The van der Waals surface area contributed by atoms with Gasteiger partial charge in [-0.25, -0.2) is 0 Å². The number of pyridine rings is 1. The van der Waals surface area contributed by atoms with Gasteiger partial charge in [0.25, 0.3) is 5.91 Å². The van der Waals surface area contributed by atoms with E-state index in [4.69, 9.17) is 0 Å². The van der Waals surface area contributed by atoms with Crippen molar-refractivity contribution >= 4 is 11.8 Å². The zero-order valence-electron chi connectivity index (χ0n) is 14.4. The number of piperidine rings is 1. The molecule has 5 heteroatoms. The number of carbonyl (C=O) groups excluding carboxylic acids is 2. The predicted octanol–water partition coefficient (Wildman–Crippen LogP) is 2.35. The summed E-state index contributed by atoms with van der Waals surface area (Å²) < 4.78 is 0. The van der Waals surface area contributed by atoms with Crippen molar-refractivity contribution in [1.29, 1.82) is 0 Å². The number of hydrogen-bond donors (Lipinski definition) is 1. The second kappa shape index (κ2) is 7.92. The summed E-state index contributed by atoms with van der Waals surface area (Å²) in [5.74, 6) is 0.0783. The van der Waals surface area contributed by atoms with Crippen LogP contribution in [-0.2, 0) is 11.2 Å². The summed E-state index contributed by atoms with van der Waals surface area (Å²) in [7, 11) is 0. The van der Waals surface area contributed by atoms with Gasteiger partial charge in [0.1, 0.15) is 0 Å². The van der Waals surface area contributed by atoms with E-state index in [2.05, 4.69) is 10.3 Å². The van der Waals surface area contributed by atoms with E-state index in [1.807, 2.05) is 36.1 Å². The molecule has 0 radical (unpaired) electrons. The summed E-state index contributed by atoms with van der Waals surface area (Å²) >= 11 is 0. The molecule has 1 aromatic carbocycles. The lowest BCUT2D eigenvalue weighted by Gasteiger charge is -2.32. The van der Waals surface area contributed by atoms with E-state index in [0.717, 1.165) is 18.4 Å². The summed E-state index contributed by atoms with van der Waals surface area (Å²) in [5, 5.41) is 3.09. The Morgan fingerprint density at radius 3 is 2.36 bits per heavy atom. The Morgan fingerprint density at radius 2 is 1.72 bits per heavy atom. The number of rotatable bonds is 4. The molecule has 2 amide bonds. The van der Waals surface area contributed by atoms with Crippen LogP contribution in [0.2, 0.25) is 0 Å². The molecule has 1 aliphatic heterocycles. The molecule has 130 valence electrons. The van der Waals surface area contributed by atoms with Crippen molar-refractivity contribution in [2.75, 3.05) is 13.1 Å². The van der Waals surface area contributed by atoms with Crippen molar-refractivity contribution in [2.45, 2.75) is 32.2 Å². The molecule has 0 atom stereocenters. The maximum Gasteiger partial charge on any atom is 0.253 e. The molecule has 0 bridgehead atoms. The van der Waals surface area contributed by atoms with Crippen LogP contribution in [0.4, 0.5) is 0 Å². The van der Waals surface area contributed by atoms with Crippen LogP contribution >= 0.6 is 0 Å². The first kappa shape index (κ1) is 17.1. The fraction of sp³-hybridized carbons (Fsp3) is 0.350. The van der Waals surface area contributed by atoms with E-state index in [0.29, 0.717) is 25.1 Å². The Balaban J connectivity index is 1.46. The summed E-state index contributed by atoms with van der Waals surface area (Å²) in [5.41, 5.74) is 2.88. The number of aromatic nitrogens is 1. The van der Waals surface area contributed by atoms with E-state index < -0.39 is 0 Å². The van der Waals surface area contributed by atoms with E-state index in [1.54, 1.807) is 24.5 Å². The highest BCUT2D eigenvalue weighted by Crippen LogP contribution is 2.14. The Morgan fingerprint density at radius 1 is 1.08 bits per heavy atom. The lowest BCUT2D eigenvalue weighted by Crippen LogP contribution is -2.46. The summed E-state index contributed by atoms with van der Waals surface area (Å²) in [4.78, 5) is 30.4. The van der Waals surface area contributed by atoms with Gasteiger partial charge in [0.15, 0.2) is 0 Å². The monoisotopic (exact) mass is 337 g/mol. The number of carbonyl (C=O) groups is 2. The molecule has 3 rings (SSSR count). The number of nitrogens with zero attached hydrogens (tertiary/aromatic N) is 2.